The van der Waals surface area contributed by atoms with Crippen molar-refractivity contribution in [3.63, 3.8) is 0 Å². The highest BCUT2D eigenvalue weighted by Crippen LogP contribution is 2.32. The Hall–Kier alpha value is -2.82. The van der Waals surface area contributed by atoms with E-state index in [2.05, 4.69) is 4.72 Å². The largest absolute Gasteiger partial charge is 0.495 e. The number of non-ortho nitro benzene ring substituents is 1. The third-order valence-electron chi connectivity index (χ3n) is 3.11. The van der Waals surface area contributed by atoms with E-state index >= 15 is 0 Å². The molecule has 0 atom stereocenters. The number of ether oxygens (including phenoxy) is 1. The second-order valence-electron chi connectivity index (χ2n) is 4.77. The normalized spacial score (nSPS) is 11.8. The molecular formula is C14H11F3N2O5S. The van der Waals surface area contributed by atoms with Crippen LogP contribution >= 0.6 is 0 Å². The summed E-state index contributed by atoms with van der Waals surface area (Å²) < 4.78 is 69.2. The van der Waals surface area contributed by atoms with Crippen LogP contribution in [-0.4, -0.2) is 20.5 Å². The highest BCUT2D eigenvalue weighted by atomic mass is 32.2. The fourth-order valence-corrected chi connectivity index (χ4v) is 3.14. The first kappa shape index (κ1) is 18.5. The molecule has 0 fully saturated rings. The van der Waals surface area contributed by atoms with Crippen molar-refractivity contribution in [2.45, 2.75) is 11.1 Å². The fraction of sp³-hybridized carbons (Fsp3) is 0.143. The molecule has 0 unspecified atom stereocenters. The molecule has 0 spiro atoms. The predicted octanol–water partition coefficient (Wildman–Crippen LogP) is 3.42. The Kier molecular flexibility index (Phi) is 4.88. The van der Waals surface area contributed by atoms with Crippen molar-refractivity contribution >= 4 is 21.4 Å². The molecule has 0 aromatic heterocycles. The minimum atomic E-state index is -4.54. The van der Waals surface area contributed by atoms with Gasteiger partial charge in [0.15, 0.2) is 0 Å². The van der Waals surface area contributed by atoms with E-state index in [9.17, 15) is 31.7 Å². The van der Waals surface area contributed by atoms with Crippen molar-refractivity contribution < 1.29 is 31.2 Å². The molecule has 0 aliphatic rings. The molecule has 0 radical (unpaired) electrons. The third kappa shape index (κ3) is 4.18. The van der Waals surface area contributed by atoms with Crippen LogP contribution in [0.3, 0.4) is 0 Å². The Morgan fingerprint density at radius 1 is 1.12 bits per heavy atom. The number of hydrogen-bond donors (Lipinski definition) is 1. The Labute approximate surface area is 140 Å². The zero-order chi connectivity index (χ0) is 18.8. The van der Waals surface area contributed by atoms with Gasteiger partial charge in [0.1, 0.15) is 10.6 Å². The molecule has 2 aromatic rings. The summed E-state index contributed by atoms with van der Waals surface area (Å²) in [5, 5.41) is 10.7. The number of methoxy groups -OCH3 is 1. The quantitative estimate of drug-likeness (QED) is 0.637. The number of halogens is 3. The van der Waals surface area contributed by atoms with E-state index in [1.54, 1.807) is 0 Å². The average Bonchev–Trinajstić information content (AvgIpc) is 2.53. The van der Waals surface area contributed by atoms with Gasteiger partial charge in [-0.25, -0.2) is 8.42 Å². The Balaban J connectivity index is 2.35. The van der Waals surface area contributed by atoms with Crippen LogP contribution in [0.5, 0.6) is 5.75 Å². The van der Waals surface area contributed by atoms with Crippen LogP contribution in [0, 0.1) is 10.1 Å². The van der Waals surface area contributed by atoms with Gasteiger partial charge in [0.05, 0.1) is 23.7 Å². The topological polar surface area (TPSA) is 98.5 Å². The molecule has 0 saturated heterocycles. The van der Waals surface area contributed by atoms with Crippen molar-refractivity contribution in [1.29, 1.82) is 0 Å². The maximum absolute atomic E-state index is 12.5. The molecule has 2 rings (SSSR count). The summed E-state index contributed by atoms with van der Waals surface area (Å²) in [4.78, 5) is 9.62. The van der Waals surface area contributed by atoms with Crippen molar-refractivity contribution in [2.24, 2.45) is 0 Å². The monoisotopic (exact) mass is 376 g/mol. The van der Waals surface area contributed by atoms with Gasteiger partial charge in [0, 0.05) is 11.8 Å². The van der Waals surface area contributed by atoms with E-state index in [4.69, 9.17) is 4.74 Å². The Bertz CT molecular complexity index is 896. The molecule has 0 heterocycles. The summed E-state index contributed by atoms with van der Waals surface area (Å²) in [5.74, 6) is -0.270. The summed E-state index contributed by atoms with van der Waals surface area (Å²) in [7, 11) is -3.09. The molecule has 2 aromatic carbocycles. The average molecular weight is 376 g/mol. The summed E-state index contributed by atoms with van der Waals surface area (Å²) in [6.45, 7) is 0. The van der Waals surface area contributed by atoms with Gasteiger partial charge in [0.25, 0.3) is 15.7 Å². The smallest absolute Gasteiger partial charge is 0.416 e. The second-order valence-corrected chi connectivity index (χ2v) is 6.42. The van der Waals surface area contributed by atoms with Crippen molar-refractivity contribution in [1.82, 2.24) is 0 Å². The molecule has 0 aliphatic carbocycles. The van der Waals surface area contributed by atoms with Crippen LogP contribution < -0.4 is 9.46 Å². The standard InChI is InChI=1S/C14H11F3N2O5S/c1-24-12-8-11(19(20)21)6-7-13(12)25(22,23)18-10-4-2-9(3-5-10)14(15,16)17/h2-8,18H,1H3. The van der Waals surface area contributed by atoms with Crippen LogP contribution in [0.4, 0.5) is 24.5 Å². The zero-order valence-electron chi connectivity index (χ0n) is 12.6. The van der Waals surface area contributed by atoms with Gasteiger partial charge >= 0.3 is 6.18 Å². The maximum Gasteiger partial charge on any atom is 0.416 e. The van der Waals surface area contributed by atoms with Crippen LogP contribution in [0.15, 0.2) is 47.4 Å². The lowest BCUT2D eigenvalue weighted by molar-refractivity contribution is -0.385. The van der Waals surface area contributed by atoms with Gasteiger partial charge in [-0.3, -0.25) is 14.8 Å². The lowest BCUT2D eigenvalue weighted by atomic mass is 10.2. The molecular weight excluding hydrogens is 365 g/mol. The number of anilines is 1. The zero-order valence-corrected chi connectivity index (χ0v) is 13.4. The molecule has 1 N–H and O–H groups in total. The molecule has 134 valence electrons. The SMILES string of the molecule is COc1cc([N+](=O)[O-])ccc1S(=O)(=O)Nc1ccc(C(F)(F)F)cc1. The first-order valence-electron chi connectivity index (χ1n) is 6.57. The highest BCUT2D eigenvalue weighted by Gasteiger charge is 2.30. The molecule has 25 heavy (non-hydrogen) atoms. The van der Waals surface area contributed by atoms with Gasteiger partial charge in [-0.2, -0.15) is 13.2 Å². The number of hydrogen-bond acceptors (Lipinski definition) is 5. The number of nitro benzene ring substituents is 1. The minimum Gasteiger partial charge on any atom is -0.495 e. The van der Waals surface area contributed by atoms with E-state index in [0.29, 0.717) is 0 Å². The number of sulfonamides is 1. The van der Waals surface area contributed by atoms with Gasteiger partial charge in [0.2, 0.25) is 0 Å². The summed E-state index contributed by atoms with van der Waals surface area (Å²) >= 11 is 0. The Morgan fingerprint density at radius 2 is 1.72 bits per heavy atom. The fourth-order valence-electron chi connectivity index (χ4n) is 1.93. The summed E-state index contributed by atoms with van der Waals surface area (Å²) in [5.41, 5.74) is -1.40. The molecule has 0 saturated carbocycles. The highest BCUT2D eigenvalue weighted by molar-refractivity contribution is 7.92. The number of rotatable bonds is 5. The van der Waals surface area contributed by atoms with Crippen molar-refractivity contribution in [3.8, 4) is 5.75 Å². The molecule has 0 amide bonds. The minimum absolute atomic E-state index is 0.103. The lowest BCUT2D eigenvalue weighted by Gasteiger charge is -2.12. The molecule has 7 nitrogen and oxygen atoms in total. The van der Waals surface area contributed by atoms with E-state index in [1.807, 2.05) is 0 Å². The molecule has 11 heteroatoms. The molecule has 0 aliphatic heterocycles. The van der Waals surface area contributed by atoms with E-state index < -0.39 is 26.7 Å². The third-order valence-corrected chi connectivity index (χ3v) is 4.53. The summed E-state index contributed by atoms with van der Waals surface area (Å²) in [6, 6.07) is 6.25. The van der Waals surface area contributed by atoms with E-state index in [0.717, 1.165) is 49.6 Å². The predicted molar refractivity (Wildman–Crippen MR) is 81.9 cm³/mol. The number of benzene rings is 2. The van der Waals surface area contributed by atoms with Gasteiger partial charge in [-0.1, -0.05) is 0 Å². The van der Waals surface area contributed by atoms with Gasteiger partial charge in [-0.05, 0) is 30.3 Å². The molecule has 0 bridgehead atoms. The number of nitro groups is 1. The summed E-state index contributed by atoms with van der Waals surface area (Å²) in [6.07, 6.45) is -4.54. The maximum atomic E-state index is 12.5. The number of nitrogens with one attached hydrogen (secondary N) is 1. The van der Waals surface area contributed by atoms with Crippen LogP contribution in [0.25, 0.3) is 0 Å². The number of alkyl halides is 3. The van der Waals surface area contributed by atoms with Crippen molar-refractivity contribution in [3.05, 3.63) is 58.1 Å². The van der Waals surface area contributed by atoms with Gasteiger partial charge < -0.3 is 4.74 Å². The second kappa shape index (κ2) is 6.59. The van der Waals surface area contributed by atoms with Gasteiger partial charge in [-0.15, -0.1) is 0 Å². The lowest BCUT2D eigenvalue weighted by Crippen LogP contribution is -2.14. The first-order chi connectivity index (χ1) is 11.5. The number of nitrogens with zero attached hydrogens (tertiary/aromatic N) is 1. The van der Waals surface area contributed by atoms with Crippen LogP contribution in [-0.2, 0) is 16.2 Å². The Morgan fingerprint density at radius 3 is 2.20 bits per heavy atom. The first-order valence-corrected chi connectivity index (χ1v) is 8.05. The van der Waals surface area contributed by atoms with Crippen LogP contribution in [0.2, 0.25) is 0 Å². The van der Waals surface area contributed by atoms with Crippen LogP contribution in [0.1, 0.15) is 5.56 Å². The van der Waals surface area contributed by atoms with Crippen molar-refractivity contribution in [2.75, 3.05) is 11.8 Å². The van der Waals surface area contributed by atoms with E-state index in [-0.39, 0.29) is 22.0 Å². The van der Waals surface area contributed by atoms with E-state index in [1.165, 1.54) is 0 Å².